The molecule has 1 aliphatic heterocycles. The zero-order chi connectivity index (χ0) is 31.0. The van der Waals surface area contributed by atoms with E-state index in [0.29, 0.717) is 24.2 Å². The fourth-order valence-corrected chi connectivity index (χ4v) is 4.95. The number of carbonyl (C=O) groups excluding carboxylic acids is 3. The van der Waals surface area contributed by atoms with E-state index in [4.69, 9.17) is 4.74 Å². The maximum atomic E-state index is 13.4. The van der Waals surface area contributed by atoms with Crippen molar-refractivity contribution in [3.63, 3.8) is 0 Å². The Kier molecular flexibility index (Phi) is 15.3. The molecule has 8 nitrogen and oxygen atoms in total. The van der Waals surface area contributed by atoms with Gasteiger partial charge in [-0.15, -0.1) is 0 Å². The van der Waals surface area contributed by atoms with Crippen molar-refractivity contribution in [1.82, 2.24) is 10.6 Å². The number of esters is 1. The number of nitrogens with zero attached hydrogens (tertiary/aromatic N) is 1. The molecule has 1 aliphatic rings. The zero-order valence-corrected chi connectivity index (χ0v) is 26.5. The van der Waals surface area contributed by atoms with E-state index in [0.717, 1.165) is 44.9 Å². The monoisotopic (exact) mass is 583 g/mol. The molecule has 0 saturated heterocycles. The molecule has 42 heavy (non-hydrogen) atoms. The molecule has 0 aliphatic carbocycles. The lowest BCUT2D eigenvalue weighted by molar-refractivity contribution is -0.136. The lowest BCUT2D eigenvalue weighted by Gasteiger charge is -2.21. The number of rotatable bonds is 19. The van der Waals surface area contributed by atoms with Crippen molar-refractivity contribution in [2.75, 3.05) is 0 Å². The fourth-order valence-electron chi connectivity index (χ4n) is 4.95. The number of aliphatic imine (C=N–C) groups is 1. The Balaban J connectivity index is 2.11. The quantitative estimate of drug-likeness (QED) is 0.0892. The van der Waals surface area contributed by atoms with Gasteiger partial charge in [-0.3, -0.25) is 14.6 Å². The van der Waals surface area contributed by atoms with E-state index in [1.54, 1.807) is 12.1 Å². The minimum atomic E-state index is -0.912. The van der Waals surface area contributed by atoms with Crippen LogP contribution >= 0.6 is 0 Å². The first-order chi connectivity index (χ1) is 20.1. The predicted octanol–water partition coefficient (Wildman–Crippen LogP) is 7.38. The molecular weight excluding hydrogens is 530 g/mol. The smallest absolute Gasteiger partial charge is 0.336 e. The molecule has 2 rings (SSSR count). The van der Waals surface area contributed by atoms with Gasteiger partial charge >= 0.3 is 5.97 Å². The number of ether oxygens (including phenoxy) is 1. The summed E-state index contributed by atoms with van der Waals surface area (Å²) in [5, 5.41) is 15.7. The Morgan fingerprint density at radius 3 is 2.14 bits per heavy atom. The van der Waals surface area contributed by atoms with Crippen molar-refractivity contribution >= 4 is 23.5 Å². The summed E-state index contributed by atoms with van der Waals surface area (Å²) in [6.45, 7) is 10.2. The van der Waals surface area contributed by atoms with Crippen LogP contribution in [0.5, 0.6) is 11.5 Å². The van der Waals surface area contributed by atoms with Crippen LogP contribution in [0.4, 0.5) is 0 Å². The predicted molar refractivity (Wildman–Crippen MR) is 169 cm³/mol. The summed E-state index contributed by atoms with van der Waals surface area (Å²) < 4.78 is 5.74. The lowest BCUT2D eigenvalue weighted by atomic mass is 9.86. The van der Waals surface area contributed by atoms with E-state index < -0.39 is 17.9 Å². The second-order valence-corrected chi connectivity index (χ2v) is 12.4. The maximum absolute atomic E-state index is 13.4. The van der Waals surface area contributed by atoms with Gasteiger partial charge in [0.25, 0.3) is 5.91 Å². The minimum absolute atomic E-state index is 0.0361. The van der Waals surface area contributed by atoms with E-state index in [2.05, 4.69) is 29.5 Å². The summed E-state index contributed by atoms with van der Waals surface area (Å²) in [6, 6.07) is 3.83. The van der Waals surface area contributed by atoms with Crippen molar-refractivity contribution in [2.45, 2.75) is 142 Å². The van der Waals surface area contributed by atoms with E-state index >= 15 is 0 Å². The zero-order valence-electron chi connectivity index (χ0n) is 26.5. The summed E-state index contributed by atoms with van der Waals surface area (Å²) in [5.74, 6) is -0.772. The number of unbranched alkanes of at least 4 members (excludes halogenated alkanes) is 11. The number of phenols is 1. The molecule has 0 saturated carbocycles. The summed E-state index contributed by atoms with van der Waals surface area (Å²) in [4.78, 5) is 43.1. The number of phenolic OH excluding ortho intramolecular Hbond substituents is 1. The highest BCUT2D eigenvalue weighted by Crippen LogP contribution is 2.33. The van der Waals surface area contributed by atoms with Crippen molar-refractivity contribution < 1.29 is 24.2 Å². The largest absolute Gasteiger partial charge is 0.508 e. The van der Waals surface area contributed by atoms with E-state index in [-0.39, 0.29) is 28.5 Å². The van der Waals surface area contributed by atoms with Gasteiger partial charge < -0.3 is 20.5 Å². The average molecular weight is 584 g/mol. The summed E-state index contributed by atoms with van der Waals surface area (Å²) in [5.41, 5.74) is 0.631. The number of hydrogen-bond acceptors (Lipinski definition) is 6. The Labute approximate surface area is 252 Å². The molecule has 1 aromatic carbocycles. The van der Waals surface area contributed by atoms with Crippen LogP contribution in [-0.2, 0) is 19.8 Å². The third kappa shape index (κ3) is 12.4. The van der Waals surface area contributed by atoms with Crippen molar-refractivity contribution in [3.05, 3.63) is 35.7 Å². The molecule has 0 bridgehead atoms. The van der Waals surface area contributed by atoms with Crippen LogP contribution in [0.3, 0.4) is 0 Å². The first-order valence-corrected chi connectivity index (χ1v) is 16.0. The van der Waals surface area contributed by atoms with Crippen LogP contribution < -0.4 is 15.4 Å². The molecule has 1 aromatic rings. The molecule has 1 atom stereocenters. The number of benzene rings is 1. The fraction of sp³-hybridized carbons (Fsp3) is 0.647. The van der Waals surface area contributed by atoms with E-state index in [9.17, 15) is 19.5 Å². The van der Waals surface area contributed by atoms with Gasteiger partial charge in [-0.1, -0.05) is 112 Å². The molecule has 8 heteroatoms. The van der Waals surface area contributed by atoms with Crippen LogP contribution in [0.1, 0.15) is 136 Å². The Morgan fingerprint density at radius 1 is 0.929 bits per heavy atom. The molecule has 2 amide bonds. The van der Waals surface area contributed by atoms with Gasteiger partial charge in [0.15, 0.2) is 0 Å². The second-order valence-electron chi connectivity index (χ2n) is 12.4. The second kappa shape index (κ2) is 18.4. The molecule has 0 fully saturated rings. The Bertz CT molecular complexity index is 1090. The van der Waals surface area contributed by atoms with Gasteiger partial charge in [0.2, 0.25) is 5.91 Å². The van der Waals surface area contributed by atoms with Crippen molar-refractivity contribution in [2.24, 2.45) is 4.99 Å². The number of carbonyl (C=O) groups is 3. The first-order valence-electron chi connectivity index (χ1n) is 16.0. The Morgan fingerprint density at radius 2 is 1.52 bits per heavy atom. The van der Waals surface area contributed by atoms with Gasteiger partial charge in [0.05, 0.1) is 5.70 Å². The molecule has 3 N–H and O–H groups in total. The third-order valence-corrected chi connectivity index (χ3v) is 7.48. The van der Waals surface area contributed by atoms with Crippen LogP contribution in [0.15, 0.2) is 35.1 Å². The molecular formula is C34H53N3O5. The summed E-state index contributed by atoms with van der Waals surface area (Å²) >= 11 is 0. The maximum Gasteiger partial charge on any atom is 0.336 e. The highest BCUT2D eigenvalue weighted by atomic mass is 16.5. The number of aromatic hydroxyl groups is 1. The van der Waals surface area contributed by atoms with Gasteiger partial charge in [0.1, 0.15) is 23.3 Å². The van der Waals surface area contributed by atoms with Crippen molar-refractivity contribution in [1.29, 1.82) is 0 Å². The number of hydrogen-bond donors (Lipinski definition) is 3. The lowest BCUT2D eigenvalue weighted by Crippen LogP contribution is -2.32. The first kappa shape index (κ1) is 35.0. The number of nitrogens with one attached hydrogen (secondary N) is 2. The molecule has 1 unspecified atom stereocenters. The summed E-state index contributed by atoms with van der Waals surface area (Å²) in [7, 11) is 0. The highest BCUT2D eigenvalue weighted by molar-refractivity contribution is 6.47. The molecule has 1 heterocycles. The molecule has 0 aromatic heterocycles. The van der Waals surface area contributed by atoms with Crippen LogP contribution in [0.25, 0.3) is 0 Å². The average Bonchev–Trinajstić information content (AvgIpc) is 3.27. The topological polar surface area (TPSA) is 117 Å². The highest BCUT2D eigenvalue weighted by Gasteiger charge is 2.29. The van der Waals surface area contributed by atoms with Crippen LogP contribution in [0, 0.1) is 0 Å². The van der Waals surface area contributed by atoms with E-state index in [1.807, 2.05) is 20.8 Å². The molecule has 0 spiro atoms. The van der Waals surface area contributed by atoms with Crippen LogP contribution in [-0.4, -0.2) is 34.6 Å². The SMILES string of the molecule is CCCCCCCCCCCCC(N=C1C(=O)NC=C1NC(=O)CCCCC)C(=O)Oc1ccc(O)c(C(C)(C)C)c1. The molecule has 0 radical (unpaired) electrons. The van der Waals surface area contributed by atoms with Gasteiger partial charge in [-0.25, -0.2) is 4.79 Å². The summed E-state index contributed by atoms with van der Waals surface area (Å²) in [6.07, 6.45) is 16.5. The third-order valence-electron chi connectivity index (χ3n) is 7.48. The molecule has 234 valence electrons. The van der Waals surface area contributed by atoms with E-state index in [1.165, 1.54) is 50.8 Å². The van der Waals surface area contributed by atoms with Gasteiger partial charge in [-0.05, 0) is 36.5 Å². The minimum Gasteiger partial charge on any atom is -0.508 e. The Hall–Kier alpha value is -3.16. The van der Waals surface area contributed by atoms with Crippen LogP contribution in [0.2, 0.25) is 0 Å². The number of amides is 2. The van der Waals surface area contributed by atoms with Gasteiger partial charge in [-0.2, -0.15) is 0 Å². The standard InChI is InChI=1S/C34H53N3O5/c1-6-8-10-11-12-13-14-15-16-18-19-27(33(41)42-25-21-22-29(38)26(23-25)34(3,4)5)37-31-28(24-35-32(31)40)36-30(39)20-17-9-7-2/h21-24,27,38H,6-20H2,1-5H3,(H2,35,36,37,39,40). The normalized spacial score (nSPS) is 14.9. The van der Waals surface area contributed by atoms with Gasteiger partial charge in [0, 0.05) is 18.2 Å². The van der Waals surface area contributed by atoms with Crippen molar-refractivity contribution in [3.8, 4) is 11.5 Å².